The van der Waals surface area contributed by atoms with Crippen molar-refractivity contribution in [3.8, 4) is 5.75 Å². The highest BCUT2D eigenvalue weighted by molar-refractivity contribution is 5.96. The van der Waals surface area contributed by atoms with Gasteiger partial charge in [0.05, 0.1) is 10.5 Å². The topological polar surface area (TPSA) is 95.7 Å². The highest BCUT2D eigenvalue weighted by atomic mass is 16.6. The summed E-state index contributed by atoms with van der Waals surface area (Å²) in [5.41, 5.74) is -0.0197. The minimum atomic E-state index is -1.46. The first kappa shape index (κ1) is 16.6. The zero-order chi connectivity index (χ0) is 18.2. The largest absolute Gasteiger partial charge is 0.443 e. The molecule has 0 saturated heterocycles. The Kier molecular flexibility index (Phi) is 4.00. The lowest BCUT2D eigenvalue weighted by molar-refractivity contribution is -0.385. The summed E-state index contributed by atoms with van der Waals surface area (Å²) in [6.07, 6.45) is 0.194. The van der Waals surface area contributed by atoms with Crippen LogP contribution in [0, 0.1) is 17.0 Å². The second-order valence-electron chi connectivity index (χ2n) is 6.05. The number of benzene rings is 2. The van der Waals surface area contributed by atoms with Crippen LogP contribution in [0.3, 0.4) is 0 Å². The SMILES string of the molecule is Cc1cc(OC(=O)C2(C)Cc3ccccc3C(=O)O2)ccc1[N+](=O)[O-]. The lowest BCUT2D eigenvalue weighted by atomic mass is 9.90. The number of rotatable bonds is 3. The van der Waals surface area contributed by atoms with Crippen LogP contribution in [0.15, 0.2) is 42.5 Å². The van der Waals surface area contributed by atoms with Gasteiger partial charge in [-0.2, -0.15) is 0 Å². The summed E-state index contributed by atoms with van der Waals surface area (Å²) < 4.78 is 10.6. The molecule has 0 saturated carbocycles. The van der Waals surface area contributed by atoms with Crippen molar-refractivity contribution in [1.82, 2.24) is 0 Å². The van der Waals surface area contributed by atoms with Gasteiger partial charge in [0.1, 0.15) is 5.75 Å². The van der Waals surface area contributed by atoms with E-state index in [0.717, 1.165) is 0 Å². The first-order valence-electron chi connectivity index (χ1n) is 7.59. The number of nitrogens with zero attached hydrogens (tertiary/aromatic N) is 1. The van der Waals surface area contributed by atoms with Crippen molar-refractivity contribution in [1.29, 1.82) is 0 Å². The second-order valence-corrected chi connectivity index (χ2v) is 6.05. The number of aryl methyl sites for hydroxylation is 1. The number of fused-ring (bicyclic) bond motifs is 1. The van der Waals surface area contributed by atoms with E-state index in [1.165, 1.54) is 25.1 Å². The third kappa shape index (κ3) is 3.08. The van der Waals surface area contributed by atoms with Gasteiger partial charge >= 0.3 is 11.9 Å². The van der Waals surface area contributed by atoms with Crippen LogP contribution in [-0.2, 0) is 16.0 Å². The molecule has 2 aromatic rings. The zero-order valence-electron chi connectivity index (χ0n) is 13.6. The molecule has 0 radical (unpaired) electrons. The monoisotopic (exact) mass is 341 g/mol. The Hall–Kier alpha value is -3.22. The number of hydrogen-bond acceptors (Lipinski definition) is 6. The van der Waals surface area contributed by atoms with Gasteiger partial charge in [0.25, 0.3) is 5.69 Å². The van der Waals surface area contributed by atoms with Crippen LogP contribution in [0.4, 0.5) is 5.69 Å². The zero-order valence-corrected chi connectivity index (χ0v) is 13.6. The minimum absolute atomic E-state index is 0.0657. The lowest BCUT2D eigenvalue weighted by Crippen LogP contribution is -2.48. The fourth-order valence-electron chi connectivity index (χ4n) is 2.76. The van der Waals surface area contributed by atoms with Gasteiger partial charge in [-0.3, -0.25) is 10.1 Å². The van der Waals surface area contributed by atoms with Crippen LogP contribution in [0.5, 0.6) is 5.75 Å². The molecular formula is C18H15NO6. The first-order valence-corrected chi connectivity index (χ1v) is 7.59. The number of nitro groups is 1. The molecule has 1 heterocycles. The molecule has 25 heavy (non-hydrogen) atoms. The average Bonchev–Trinajstić information content (AvgIpc) is 2.54. The molecule has 0 N–H and O–H groups in total. The van der Waals surface area contributed by atoms with Gasteiger partial charge in [0.2, 0.25) is 5.60 Å². The van der Waals surface area contributed by atoms with Crippen LogP contribution >= 0.6 is 0 Å². The molecule has 1 aliphatic heterocycles. The van der Waals surface area contributed by atoms with Crippen LogP contribution in [0.2, 0.25) is 0 Å². The smallest absolute Gasteiger partial charge is 0.356 e. The summed E-state index contributed by atoms with van der Waals surface area (Å²) >= 11 is 0. The maximum Gasteiger partial charge on any atom is 0.356 e. The average molecular weight is 341 g/mol. The van der Waals surface area contributed by atoms with E-state index in [1.807, 2.05) is 0 Å². The maximum absolute atomic E-state index is 12.5. The quantitative estimate of drug-likeness (QED) is 0.368. The number of ether oxygens (including phenoxy) is 2. The molecule has 1 atom stereocenters. The van der Waals surface area contributed by atoms with Crippen molar-refractivity contribution < 1.29 is 24.0 Å². The van der Waals surface area contributed by atoms with Gasteiger partial charge < -0.3 is 9.47 Å². The molecule has 0 bridgehead atoms. The number of hydrogen-bond donors (Lipinski definition) is 0. The Morgan fingerprint density at radius 3 is 2.68 bits per heavy atom. The van der Waals surface area contributed by atoms with E-state index >= 15 is 0 Å². The molecule has 0 aliphatic carbocycles. The number of carbonyl (C=O) groups excluding carboxylic acids is 2. The fraction of sp³-hybridized carbons (Fsp3) is 0.222. The predicted molar refractivity (Wildman–Crippen MR) is 87.4 cm³/mol. The van der Waals surface area contributed by atoms with E-state index in [1.54, 1.807) is 31.2 Å². The van der Waals surface area contributed by atoms with E-state index in [2.05, 4.69) is 0 Å². The molecule has 128 valence electrons. The van der Waals surface area contributed by atoms with E-state index in [0.29, 0.717) is 16.7 Å². The Bertz CT molecular complexity index is 891. The Morgan fingerprint density at radius 1 is 1.28 bits per heavy atom. The van der Waals surface area contributed by atoms with Crippen LogP contribution < -0.4 is 4.74 Å². The van der Waals surface area contributed by atoms with E-state index in [-0.39, 0.29) is 17.9 Å². The number of nitro benzene ring substituents is 1. The van der Waals surface area contributed by atoms with Crippen molar-refractivity contribution in [2.24, 2.45) is 0 Å². The molecule has 3 rings (SSSR count). The predicted octanol–water partition coefficient (Wildman–Crippen LogP) is 2.98. The summed E-state index contributed by atoms with van der Waals surface area (Å²) in [6.45, 7) is 3.04. The number of cyclic esters (lactones) is 1. The standard InChI is InChI=1S/C18H15NO6/c1-11-9-13(7-8-15(11)19(22)23)24-17(21)18(2)10-12-5-3-4-6-14(12)16(20)25-18/h3-9H,10H2,1-2H3. The van der Waals surface area contributed by atoms with Crippen molar-refractivity contribution in [2.45, 2.75) is 25.9 Å². The van der Waals surface area contributed by atoms with Gasteiger partial charge in [-0.1, -0.05) is 18.2 Å². The van der Waals surface area contributed by atoms with Gasteiger partial charge in [-0.05, 0) is 37.6 Å². The fourth-order valence-corrected chi connectivity index (χ4v) is 2.76. The van der Waals surface area contributed by atoms with Crippen LogP contribution in [0.25, 0.3) is 0 Å². The molecule has 0 amide bonds. The molecule has 7 nitrogen and oxygen atoms in total. The number of carbonyl (C=O) groups is 2. The maximum atomic E-state index is 12.5. The van der Waals surface area contributed by atoms with E-state index < -0.39 is 22.5 Å². The van der Waals surface area contributed by atoms with Gasteiger partial charge in [-0.15, -0.1) is 0 Å². The highest BCUT2D eigenvalue weighted by Gasteiger charge is 2.44. The molecule has 0 spiro atoms. The lowest BCUT2D eigenvalue weighted by Gasteiger charge is -2.32. The minimum Gasteiger partial charge on any atom is -0.443 e. The molecule has 0 aromatic heterocycles. The summed E-state index contributed by atoms with van der Waals surface area (Å²) in [5, 5.41) is 10.8. The summed E-state index contributed by atoms with van der Waals surface area (Å²) in [5.74, 6) is -1.16. The summed E-state index contributed by atoms with van der Waals surface area (Å²) in [6, 6.07) is 10.9. The summed E-state index contributed by atoms with van der Waals surface area (Å²) in [7, 11) is 0. The molecule has 2 aromatic carbocycles. The van der Waals surface area contributed by atoms with Gasteiger partial charge in [0, 0.05) is 18.1 Å². The summed E-state index contributed by atoms with van der Waals surface area (Å²) in [4.78, 5) is 35.0. The van der Waals surface area contributed by atoms with E-state index in [4.69, 9.17) is 9.47 Å². The Balaban J connectivity index is 1.83. The third-order valence-electron chi connectivity index (χ3n) is 4.09. The molecule has 0 fully saturated rings. The van der Waals surface area contributed by atoms with Crippen LogP contribution in [0.1, 0.15) is 28.4 Å². The second kappa shape index (κ2) is 6.01. The normalized spacial score (nSPS) is 18.9. The highest BCUT2D eigenvalue weighted by Crippen LogP contribution is 2.30. The van der Waals surface area contributed by atoms with Crippen molar-refractivity contribution in [3.05, 3.63) is 69.3 Å². The van der Waals surface area contributed by atoms with Crippen molar-refractivity contribution in [3.63, 3.8) is 0 Å². The van der Waals surface area contributed by atoms with E-state index in [9.17, 15) is 19.7 Å². The van der Waals surface area contributed by atoms with Crippen molar-refractivity contribution in [2.75, 3.05) is 0 Å². The van der Waals surface area contributed by atoms with Crippen LogP contribution in [-0.4, -0.2) is 22.5 Å². The molecule has 7 heteroatoms. The van der Waals surface area contributed by atoms with Crippen molar-refractivity contribution >= 4 is 17.6 Å². The Labute approximate surface area is 143 Å². The van der Waals surface area contributed by atoms with Gasteiger partial charge in [0.15, 0.2) is 0 Å². The van der Waals surface area contributed by atoms with Gasteiger partial charge in [-0.25, -0.2) is 9.59 Å². The number of esters is 2. The molecule has 1 unspecified atom stereocenters. The third-order valence-corrected chi connectivity index (χ3v) is 4.09. The molecule has 1 aliphatic rings. The first-order chi connectivity index (χ1) is 11.8. The molecular weight excluding hydrogens is 326 g/mol. The Morgan fingerprint density at radius 2 is 2.00 bits per heavy atom.